The molecule has 6 heteroatoms. The van der Waals surface area contributed by atoms with Crippen molar-refractivity contribution in [1.29, 1.82) is 0 Å². The van der Waals surface area contributed by atoms with Crippen LogP contribution < -0.4 is 5.32 Å². The van der Waals surface area contributed by atoms with Crippen LogP contribution in [0.4, 0.5) is 0 Å². The number of carbonyl (C=O) groups excluding carboxylic acids is 2. The Morgan fingerprint density at radius 1 is 1.14 bits per heavy atom. The zero-order valence-electron chi connectivity index (χ0n) is 12.4. The Balaban J connectivity index is 2.79. The predicted octanol–water partition coefficient (Wildman–Crippen LogP) is 1.37. The number of hydrogen-bond acceptors (Lipinski definition) is 3. The molecular weight excluding hydrogens is 272 g/mol. The van der Waals surface area contributed by atoms with E-state index in [-0.39, 0.29) is 5.91 Å². The third-order valence-electron chi connectivity index (χ3n) is 2.98. The molecule has 1 aromatic rings. The maximum atomic E-state index is 12.0. The van der Waals surface area contributed by atoms with E-state index in [9.17, 15) is 14.4 Å². The van der Waals surface area contributed by atoms with Gasteiger partial charge in [0, 0.05) is 25.2 Å². The van der Waals surface area contributed by atoms with Crippen LogP contribution >= 0.6 is 0 Å². The second-order valence-electron chi connectivity index (χ2n) is 4.93. The fraction of sp³-hybridized carbons (Fsp3) is 0.400. The van der Waals surface area contributed by atoms with Crippen molar-refractivity contribution in [3.05, 3.63) is 35.4 Å². The summed E-state index contributed by atoms with van der Waals surface area (Å²) in [5, 5.41) is 11.5. The molecular formula is C15H20N2O4. The van der Waals surface area contributed by atoms with Gasteiger partial charge in [0.2, 0.25) is 0 Å². The van der Waals surface area contributed by atoms with Crippen LogP contribution in [-0.2, 0) is 4.79 Å². The summed E-state index contributed by atoms with van der Waals surface area (Å²) in [7, 11) is 3.29. The molecule has 0 aliphatic heterocycles. The van der Waals surface area contributed by atoms with E-state index in [1.165, 1.54) is 17.0 Å². The number of nitrogens with zero attached hydrogens (tertiary/aromatic N) is 1. The smallest absolute Gasteiger partial charge is 0.326 e. The van der Waals surface area contributed by atoms with Crippen molar-refractivity contribution < 1.29 is 19.5 Å². The highest BCUT2D eigenvalue weighted by Crippen LogP contribution is 2.07. The molecule has 1 rings (SSSR count). The second-order valence-corrected chi connectivity index (χ2v) is 4.93. The third-order valence-corrected chi connectivity index (χ3v) is 2.98. The Morgan fingerprint density at radius 2 is 1.67 bits per heavy atom. The van der Waals surface area contributed by atoms with E-state index in [2.05, 4.69) is 5.32 Å². The zero-order chi connectivity index (χ0) is 16.0. The lowest BCUT2D eigenvalue weighted by Gasteiger charge is -2.14. The van der Waals surface area contributed by atoms with Gasteiger partial charge in [0.15, 0.2) is 0 Å². The standard InChI is InChI=1S/C15H20N2O4/c1-4-5-12(15(20)21)16-13(18)10-6-8-11(9-7-10)14(19)17(2)3/h6-9,12H,4-5H2,1-3H3,(H,16,18)(H,20,21). The van der Waals surface area contributed by atoms with Gasteiger partial charge in [-0.05, 0) is 30.7 Å². The summed E-state index contributed by atoms with van der Waals surface area (Å²) in [5.74, 6) is -1.67. The quantitative estimate of drug-likeness (QED) is 0.829. The van der Waals surface area contributed by atoms with Crippen molar-refractivity contribution in [1.82, 2.24) is 10.2 Å². The van der Waals surface area contributed by atoms with Gasteiger partial charge in [-0.3, -0.25) is 9.59 Å². The van der Waals surface area contributed by atoms with Crippen LogP contribution in [0.15, 0.2) is 24.3 Å². The molecule has 0 saturated heterocycles. The highest BCUT2D eigenvalue weighted by atomic mass is 16.4. The van der Waals surface area contributed by atoms with Crippen LogP contribution in [0.3, 0.4) is 0 Å². The highest BCUT2D eigenvalue weighted by Gasteiger charge is 2.19. The first-order chi connectivity index (χ1) is 9.86. The van der Waals surface area contributed by atoms with Crippen molar-refractivity contribution >= 4 is 17.8 Å². The molecule has 0 heterocycles. The van der Waals surface area contributed by atoms with Gasteiger partial charge in [-0.1, -0.05) is 13.3 Å². The summed E-state index contributed by atoms with van der Waals surface area (Å²) in [5.41, 5.74) is 0.799. The van der Waals surface area contributed by atoms with Gasteiger partial charge in [-0.15, -0.1) is 0 Å². The van der Waals surface area contributed by atoms with Crippen molar-refractivity contribution in [2.75, 3.05) is 14.1 Å². The zero-order valence-corrected chi connectivity index (χ0v) is 12.4. The van der Waals surface area contributed by atoms with Crippen LogP contribution in [0, 0.1) is 0 Å². The Morgan fingerprint density at radius 3 is 2.10 bits per heavy atom. The molecule has 0 aliphatic carbocycles. The third kappa shape index (κ3) is 4.59. The highest BCUT2D eigenvalue weighted by molar-refractivity contribution is 5.98. The van der Waals surface area contributed by atoms with E-state index in [0.717, 1.165) is 0 Å². The van der Waals surface area contributed by atoms with Gasteiger partial charge in [-0.25, -0.2) is 4.79 Å². The number of carbonyl (C=O) groups is 3. The van der Waals surface area contributed by atoms with Gasteiger partial charge in [0.25, 0.3) is 11.8 Å². The Bertz CT molecular complexity index is 523. The first kappa shape index (κ1) is 16.7. The Kier molecular flexibility index (Phi) is 5.90. The lowest BCUT2D eigenvalue weighted by Crippen LogP contribution is -2.40. The van der Waals surface area contributed by atoms with E-state index in [0.29, 0.717) is 24.0 Å². The average molecular weight is 292 g/mol. The van der Waals surface area contributed by atoms with E-state index < -0.39 is 17.9 Å². The van der Waals surface area contributed by atoms with Crippen LogP contribution in [0.2, 0.25) is 0 Å². The van der Waals surface area contributed by atoms with Crippen molar-refractivity contribution in [2.24, 2.45) is 0 Å². The number of aliphatic carboxylic acids is 1. The number of benzene rings is 1. The minimum Gasteiger partial charge on any atom is -0.480 e. The molecule has 1 aromatic carbocycles. The molecule has 0 saturated carbocycles. The average Bonchev–Trinajstić information content (AvgIpc) is 2.45. The number of carboxylic acid groups (broad SMARTS) is 1. The van der Waals surface area contributed by atoms with E-state index in [1.807, 2.05) is 6.92 Å². The SMILES string of the molecule is CCCC(NC(=O)c1ccc(C(=O)N(C)C)cc1)C(=O)O. The molecule has 6 nitrogen and oxygen atoms in total. The fourth-order valence-corrected chi connectivity index (χ4v) is 1.81. The minimum atomic E-state index is -1.05. The number of amides is 2. The lowest BCUT2D eigenvalue weighted by atomic mass is 10.1. The van der Waals surface area contributed by atoms with E-state index >= 15 is 0 Å². The maximum absolute atomic E-state index is 12.0. The minimum absolute atomic E-state index is 0.156. The molecule has 21 heavy (non-hydrogen) atoms. The molecule has 0 spiro atoms. The van der Waals surface area contributed by atoms with Gasteiger partial charge in [-0.2, -0.15) is 0 Å². The topological polar surface area (TPSA) is 86.7 Å². The van der Waals surface area contributed by atoms with Crippen molar-refractivity contribution in [3.63, 3.8) is 0 Å². The van der Waals surface area contributed by atoms with E-state index in [4.69, 9.17) is 5.11 Å². The molecule has 2 amide bonds. The van der Waals surface area contributed by atoms with Crippen molar-refractivity contribution in [3.8, 4) is 0 Å². The van der Waals surface area contributed by atoms with Crippen molar-refractivity contribution in [2.45, 2.75) is 25.8 Å². The van der Waals surface area contributed by atoms with Gasteiger partial charge in [0.1, 0.15) is 6.04 Å². The summed E-state index contributed by atoms with van der Waals surface area (Å²) >= 11 is 0. The number of nitrogens with one attached hydrogen (secondary N) is 1. The molecule has 0 radical (unpaired) electrons. The van der Waals surface area contributed by atoms with Gasteiger partial charge < -0.3 is 15.3 Å². The molecule has 114 valence electrons. The van der Waals surface area contributed by atoms with E-state index in [1.54, 1.807) is 26.2 Å². The summed E-state index contributed by atoms with van der Waals surface area (Å²) in [4.78, 5) is 36.2. The normalized spacial score (nSPS) is 11.6. The Labute approximate surface area is 123 Å². The summed E-state index contributed by atoms with van der Waals surface area (Å²) < 4.78 is 0. The second kappa shape index (κ2) is 7.42. The molecule has 0 aliphatic rings. The molecule has 2 N–H and O–H groups in total. The summed E-state index contributed by atoms with van der Waals surface area (Å²) in [6.45, 7) is 1.85. The first-order valence-corrected chi connectivity index (χ1v) is 6.72. The maximum Gasteiger partial charge on any atom is 0.326 e. The monoisotopic (exact) mass is 292 g/mol. The van der Waals surface area contributed by atoms with Crippen LogP contribution in [0.1, 0.15) is 40.5 Å². The number of rotatable bonds is 6. The number of carboxylic acids is 1. The van der Waals surface area contributed by atoms with Gasteiger partial charge in [0.05, 0.1) is 0 Å². The predicted molar refractivity (Wildman–Crippen MR) is 78.3 cm³/mol. The summed E-state index contributed by atoms with van der Waals surface area (Å²) in [6, 6.07) is 5.22. The van der Waals surface area contributed by atoms with Gasteiger partial charge >= 0.3 is 5.97 Å². The fourth-order valence-electron chi connectivity index (χ4n) is 1.81. The molecule has 1 atom stereocenters. The molecule has 0 fully saturated rings. The lowest BCUT2D eigenvalue weighted by molar-refractivity contribution is -0.139. The molecule has 0 bridgehead atoms. The summed E-state index contributed by atoms with van der Waals surface area (Å²) in [6.07, 6.45) is 1.03. The number of hydrogen-bond donors (Lipinski definition) is 2. The first-order valence-electron chi connectivity index (χ1n) is 6.72. The van der Waals surface area contributed by atoms with Crippen LogP contribution in [0.5, 0.6) is 0 Å². The Hall–Kier alpha value is -2.37. The largest absolute Gasteiger partial charge is 0.480 e. The van der Waals surface area contributed by atoms with Crippen LogP contribution in [-0.4, -0.2) is 47.9 Å². The molecule has 1 unspecified atom stereocenters. The van der Waals surface area contributed by atoms with Crippen LogP contribution in [0.25, 0.3) is 0 Å². The molecule has 0 aromatic heterocycles.